The fourth-order valence-electron chi connectivity index (χ4n) is 5.05. The summed E-state index contributed by atoms with van der Waals surface area (Å²) >= 11 is 0. The minimum atomic E-state index is -0.505. The van der Waals surface area contributed by atoms with Gasteiger partial charge in [0.1, 0.15) is 11.9 Å². The molecule has 8 nitrogen and oxygen atoms in total. The van der Waals surface area contributed by atoms with E-state index in [1.54, 1.807) is 0 Å². The topological polar surface area (TPSA) is 97.8 Å². The fourth-order valence-corrected chi connectivity index (χ4v) is 5.05. The number of carbonyl (C=O) groups excluding carboxylic acids is 1. The summed E-state index contributed by atoms with van der Waals surface area (Å²) in [6.07, 6.45) is 5.67. The summed E-state index contributed by atoms with van der Waals surface area (Å²) in [6.45, 7) is 3.29. The quantitative estimate of drug-likeness (QED) is 0.675. The highest BCUT2D eigenvalue weighted by molar-refractivity contribution is 5.72. The third kappa shape index (κ3) is 3.40. The number of urea groups is 1. The number of nitrogens with one attached hydrogen (secondary N) is 1. The molecule has 5 rings (SSSR count). The molecule has 3 aromatic rings. The number of hydrogen-bond acceptors (Lipinski definition) is 5. The first-order chi connectivity index (χ1) is 15.0. The number of aromatic nitrogens is 3. The molecular formula is C23H28N6O2. The molecule has 2 aromatic heterocycles. The van der Waals surface area contributed by atoms with Crippen LogP contribution in [-0.2, 0) is 5.54 Å². The predicted octanol–water partition coefficient (Wildman–Crippen LogP) is 3.29. The molecule has 0 spiro atoms. The number of pyridine rings is 1. The summed E-state index contributed by atoms with van der Waals surface area (Å²) in [6, 6.07) is 11.4. The number of benzene rings is 1. The molecule has 1 aromatic carbocycles. The molecule has 3 atom stereocenters. The van der Waals surface area contributed by atoms with E-state index in [9.17, 15) is 4.79 Å². The van der Waals surface area contributed by atoms with E-state index < -0.39 is 6.03 Å². The number of amides is 2. The molecule has 1 saturated heterocycles. The maximum atomic E-state index is 11.4. The van der Waals surface area contributed by atoms with E-state index in [1.165, 1.54) is 0 Å². The van der Waals surface area contributed by atoms with Crippen molar-refractivity contribution >= 4 is 11.7 Å². The molecule has 0 bridgehead atoms. The first-order valence-corrected chi connectivity index (χ1v) is 10.8. The number of hydrogen-bond donors (Lipinski definition) is 2. The van der Waals surface area contributed by atoms with Crippen molar-refractivity contribution in [2.45, 2.75) is 50.3 Å². The molecule has 0 saturated carbocycles. The molecule has 3 N–H and O–H groups in total. The second kappa shape index (κ2) is 7.53. The van der Waals surface area contributed by atoms with Gasteiger partial charge in [0, 0.05) is 0 Å². The Morgan fingerprint density at radius 1 is 1.19 bits per heavy atom. The van der Waals surface area contributed by atoms with Crippen molar-refractivity contribution in [2.75, 3.05) is 13.6 Å². The first kappa shape index (κ1) is 19.8. The summed E-state index contributed by atoms with van der Waals surface area (Å²) in [5.74, 6) is 1.72. The molecule has 1 aliphatic heterocycles. The van der Waals surface area contributed by atoms with Gasteiger partial charge in [-0.2, -0.15) is 0 Å². The van der Waals surface area contributed by atoms with Crippen LogP contribution in [0.5, 0.6) is 5.75 Å². The summed E-state index contributed by atoms with van der Waals surface area (Å²) in [7, 11) is 2.14. The molecular weight excluding hydrogens is 392 g/mol. The van der Waals surface area contributed by atoms with Crippen molar-refractivity contribution in [3.8, 4) is 5.75 Å². The van der Waals surface area contributed by atoms with Gasteiger partial charge in [0.05, 0.1) is 17.8 Å². The van der Waals surface area contributed by atoms with E-state index >= 15 is 0 Å². The lowest BCUT2D eigenvalue weighted by molar-refractivity contribution is 0.170. The zero-order chi connectivity index (χ0) is 21.6. The van der Waals surface area contributed by atoms with E-state index in [0.717, 1.165) is 60.6 Å². The zero-order valence-electron chi connectivity index (χ0n) is 17.9. The smallest absolute Gasteiger partial charge is 0.312 e. The lowest BCUT2D eigenvalue weighted by Crippen LogP contribution is -2.37. The molecule has 8 heteroatoms. The molecule has 1 fully saturated rings. The van der Waals surface area contributed by atoms with Gasteiger partial charge in [0.25, 0.3) is 0 Å². The van der Waals surface area contributed by atoms with Crippen LogP contribution in [0.25, 0.3) is 5.65 Å². The third-order valence-corrected chi connectivity index (χ3v) is 6.89. The Labute approximate surface area is 181 Å². The Kier molecular flexibility index (Phi) is 4.81. The van der Waals surface area contributed by atoms with Crippen molar-refractivity contribution in [3.63, 3.8) is 0 Å². The van der Waals surface area contributed by atoms with Crippen LogP contribution in [0.2, 0.25) is 0 Å². The summed E-state index contributed by atoms with van der Waals surface area (Å²) in [5, 5.41) is 11.8. The standard InChI is InChI=1S/C23H28N6O2/c1-23(12-5-13-28(23)2)21-27-26-20-11-8-15(14-29(20)21)31-19-10-9-18(25-22(24)30)16-6-3-4-7-17(16)19/h3-4,6-8,11,14,18-19H,5,9-10,12-13H2,1-2H3,(H3,24,25,30)/t18-,19+,23-/m0/s1. The highest BCUT2D eigenvalue weighted by Gasteiger charge is 2.39. The van der Waals surface area contributed by atoms with Gasteiger partial charge in [-0.1, -0.05) is 24.3 Å². The van der Waals surface area contributed by atoms with Gasteiger partial charge in [0.15, 0.2) is 11.5 Å². The minimum absolute atomic E-state index is 0.0849. The van der Waals surface area contributed by atoms with Crippen LogP contribution in [0.15, 0.2) is 42.6 Å². The second-order valence-electron chi connectivity index (χ2n) is 8.79. The SMILES string of the molecule is CN1CCC[C@@]1(C)c1nnc2ccc(O[C@@H]3CC[C@H](NC(N)=O)c4ccccc43)cn12. The fraction of sp³-hybridized carbons (Fsp3) is 0.435. The predicted molar refractivity (Wildman–Crippen MR) is 117 cm³/mol. The van der Waals surface area contributed by atoms with E-state index in [0.29, 0.717) is 0 Å². The van der Waals surface area contributed by atoms with Crippen LogP contribution < -0.4 is 15.8 Å². The average molecular weight is 421 g/mol. The number of nitrogens with zero attached hydrogens (tertiary/aromatic N) is 4. The minimum Gasteiger partial charge on any atom is -0.484 e. The number of carbonyl (C=O) groups is 1. The van der Waals surface area contributed by atoms with E-state index in [1.807, 2.05) is 36.5 Å². The van der Waals surface area contributed by atoms with Gasteiger partial charge in [-0.15, -0.1) is 10.2 Å². The van der Waals surface area contributed by atoms with Gasteiger partial charge in [-0.05, 0) is 69.5 Å². The first-order valence-electron chi connectivity index (χ1n) is 10.8. The number of nitrogens with two attached hydrogens (primary N) is 1. The van der Waals surface area contributed by atoms with Crippen molar-refractivity contribution < 1.29 is 9.53 Å². The van der Waals surface area contributed by atoms with Crippen LogP contribution in [0, 0.1) is 0 Å². The van der Waals surface area contributed by atoms with Crippen LogP contribution in [0.1, 0.15) is 61.7 Å². The number of fused-ring (bicyclic) bond motifs is 2. The van der Waals surface area contributed by atoms with Gasteiger partial charge < -0.3 is 15.8 Å². The van der Waals surface area contributed by atoms with Gasteiger partial charge >= 0.3 is 6.03 Å². The molecule has 0 radical (unpaired) electrons. The van der Waals surface area contributed by atoms with E-state index in [2.05, 4.69) is 44.9 Å². The van der Waals surface area contributed by atoms with Crippen LogP contribution >= 0.6 is 0 Å². The zero-order valence-corrected chi connectivity index (χ0v) is 17.9. The molecule has 3 heterocycles. The van der Waals surface area contributed by atoms with Crippen LogP contribution in [-0.4, -0.2) is 39.1 Å². The number of primary amides is 1. The Bertz CT molecular complexity index is 1130. The largest absolute Gasteiger partial charge is 0.484 e. The Morgan fingerprint density at radius 2 is 2.00 bits per heavy atom. The van der Waals surface area contributed by atoms with Gasteiger partial charge in [0.2, 0.25) is 0 Å². The molecule has 2 amide bonds. The Hall–Kier alpha value is -3.13. The van der Waals surface area contributed by atoms with E-state index in [4.69, 9.17) is 10.5 Å². The summed E-state index contributed by atoms with van der Waals surface area (Å²) in [5.41, 5.74) is 8.19. The van der Waals surface area contributed by atoms with Crippen molar-refractivity contribution in [2.24, 2.45) is 5.73 Å². The molecule has 0 unspecified atom stereocenters. The van der Waals surface area contributed by atoms with Crippen LogP contribution in [0.3, 0.4) is 0 Å². The number of likely N-dealkylation sites (tertiary alicyclic amines) is 1. The molecule has 31 heavy (non-hydrogen) atoms. The Balaban J connectivity index is 1.46. The maximum absolute atomic E-state index is 11.4. The Morgan fingerprint density at radius 3 is 2.74 bits per heavy atom. The van der Waals surface area contributed by atoms with E-state index in [-0.39, 0.29) is 17.7 Å². The molecule has 1 aliphatic carbocycles. The lowest BCUT2D eigenvalue weighted by Gasteiger charge is -2.32. The summed E-state index contributed by atoms with van der Waals surface area (Å²) < 4.78 is 8.51. The summed E-state index contributed by atoms with van der Waals surface area (Å²) in [4.78, 5) is 13.7. The number of ether oxygens (including phenoxy) is 1. The second-order valence-corrected chi connectivity index (χ2v) is 8.79. The highest BCUT2D eigenvalue weighted by Crippen LogP contribution is 2.40. The van der Waals surface area contributed by atoms with Gasteiger partial charge in [-0.3, -0.25) is 9.30 Å². The van der Waals surface area contributed by atoms with Crippen molar-refractivity contribution in [1.82, 2.24) is 24.8 Å². The third-order valence-electron chi connectivity index (χ3n) is 6.89. The molecule has 2 aliphatic rings. The van der Waals surface area contributed by atoms with Crippen LogP contribution in [0.4, 0.5) is 4.79 Å². The highest BCUT2D eigenvalue weighted by atomic mass is 16.5. The van der Waals surface area contributed by atoms with Gasteiger partial charge in [-0.25, -0.2) is 4.79 Å². The van der Waals surface area contributed by atoms with Crippen molar-refractivity contribution in [3.05, 3.63) is 59.5 Å². The maximum Gasteiger partial charge on any atom is 0.312 e. The monoisotopic (exact) mass is 420 g/mol. The van der Waals surface area contributed by atoms with Crippen molar-refractivity contribution in [1.29, 1.82) is 0 Å². The molecule has 162 valence electrons. The normalized spacial score (nSPS) is 26.0. The average Bonchev–Trinajstić information content (AvgIpc) is 3.33. The lowest BCUT2D eigenvalue weighted by atomic mass is 9.85. The number of rotatable bonds is 4.